The third-order valence-electron chi connectivity index (χ3n) is 3.26. The Morgan fingerprint density at radius 3 is 2.46 bits per heavy atom. The summed E-state index contributed by atoms with van der Waals surface area (Å²) in [6, 6.07) is 7.29. The van der Waals surface area contributed by atoms with Gasteiger partial charge in [-0.1, -0.05) is 24.2 Å². The standard InChI is InChI=1S/C15H19N3O5S/c1-4-12-5-7-13(8-6-12)22-9-14(19)16-18-24(20,21)15-10(2)17-23-11(15)3/h5-8,18H,4,9H2,1-3H3,(H,16,19). The first-order chi connectivity index (χ1) is 11.3. The maximum absolute atomic E-state index is 12.1. The fourth-order valence-electron chi connectivity index (χ4n) is 2.04. The minimum atomic E-state index is -3.96. The largest absolute Gasteiger partial charge is 0.484 e. The lowest BCUT2D eigenvalue weighted by Crippen LogP contribution is -2.44. The second-order valence-corrected chi connectivity index (χ2v) is 6.71. The maximum Gasteiger partial charge on any atom is 0.272 e. The van der Waals surface area contributed by atoms with Crippen molar-refractivity contribution in [2.75, 3.05) is 6.61 Å². The fraction of sp³-hybridized carbons (Fsp3) is 0.333. The normalized spacial score (nSPS) is 11.3. The van der Waals surface area contributed by atoms with Crippen LogP contribution >= 0.6 is 0 Å². The van der Waals surface area contributed by atoms with Gasteiger partial charge in [0.15, 0.2) is 12.4 Å². The number of sulfonamides is 1. The van der Waals surface area contributed by atoms with E-state index < -0.39 is 15.9 Å². The number of hydrazine groups is 1. The van der Waals surface area contributed by atoms with Crippen molar-refractivity contribution in [1.29, 1.82) is 0 Å². The Morgan fingerprint density at radius 1 is 1.25 bits per heavy atom. The SMILES string of the molecule is CCc1ccc(OCC(=O)NNS(=O)(=O)c2c(C)noc2C)cc1. The summed E-state index contributed by atoms with van der Waals surface area (Å²) in [7, 11) is -3.96. The van der Waals surface area contributed by atoms with Gasteiger partial charge in [-0.25, -0.2) is 8.42 Å². The summed E-state index contributed by atoms with van der Waals surface area (Å²) in [6.07, 6.45) is 0.907. The summed E-state index contributed by atoms with van der Waals surface area (Å²) in [5.41, 5.74) is 3.45. The van der Waals surface area contributed by atoms with Crippen LogP contribution in [-0.2, 0) is 21.2 Å². The molecule has 0 spiro atoms. The molecular formula is C15H19N3O5S. The van der Waals surface area contributed by atoms with E-state index in [1.165, 1.54) is 13.8 Å². The number of amides is 1. The van der Waals surface area contributed by atoms with Crippen LogP contribution in [-0.4, -0.2) is 26.1 Å². The van der Waals surface area contributed by atoms with E-state index in [4.69, 9.17) is 9.26 Å². The molecule has 0 unspecified atom stereocenters. The van der Waals surface area contributed by atoms with Gasteiger partial charge in [-0.2, -0.15) is 0 Å². The minimum absolute atomic E-state index is 0.0983. The van der Waals surface area contributed by atoms with Gasteiger partial charge < -0.3 is 9.26 Å². The molecule has 0 radical (unpaired) electrons. The molecule has 0 atom stereocenters. The first kappa shape index (κ1) is 18.0. The van der Waals surface area contributed by atoms with E-state index in [0.717, 1.165) is 12.0 Å². The van der Waals surface area contributed by atoms with E-state index in [1.807, 2.05) is 23.9 Å². The molecular weight excluding hydrogens is 334 g/mol. The van der Waals surface area contributed by atoms with Gasteiger partial charge in [-0.05, 0) is 38.0 Å². The van der Waals surface area contributed by atoms with Gasteiger partial charge in [-0.15, -0.1) is 4.83 Å². The van der Waals surface area contributed by atoms with E-state index in [0.29, 0.717) is 5.75 Å². The molecule has 1 heterocycles. The minimum Gasteiger partial charge on any atom is -0.484 e. The Bertz CT molecular complexity index is 793. The van der Waals surface area contributed by atoms with Gasteiger partial charge in [0.05, 0.1) is 0 Å². The van der Waals surface area contributed by atoms with Crippen LogP contribution < -0.4 is 15.0 Å². The lowest BCUT2D eigenvalue weighted by Gasteiger charge is -2.09. The summed E-state index contributed by atoms with van der Waals surface area (Å²) >= 11 is 0. The number of hydrogen-bond acceptors (Lipinski definition) is 6. The third-order valence-corrected chi connectivity index (χ3v) is 4.75. The second-order valence-electron chi connectivity index (χ2n) is 5.09. The van der Waals surface area contributed by atoms with Gasteiger partial charge in [0.2, 0.25) is 0 Å². The van der Waals surface area contributed by atoms with Gasteiger partial charge in [0, 0.05) is 0 Å². The van der Waals surface area contributed by atoms with Crippen molar-refractivity contribution in [1.82, 2.24) is 15.4 Å². The van der Waals surface area contributed by atoms with E-state index >= 15 is 0 Å². The van der Waals surface area contributed by atoms with E-state index in [1.54, 1.807) is 12.1 Å². The van der Waals surface area contributed by atoms with E-state index in [-0.39, 0.29) is 23.0 Å². The molecule has 1 aromatic heterocycles. The van der Waals surface area contributed by atoms with Crippen molar-refractivity contribution < 1.29 is 22.5 Å². The lowest BCUT2D eigenvalue weighted by atomic mass is 10.2. The van der Waals surface area contributed by atoms with Crippen molar-refractivity contribution in [3.63, 3.8) is 0 Å². The molecule has 0 bridgehead atoms. The number of rotatable bonds is 7. The molecule has 9 heteroatoms. The predicted octanol–water partition coefficient (Wildman–Crippen LogP) is 1.24. The smallest absolute Gasteiger partial charge is 0.272 e. The zero-order valence-corrected chi connectivity index (χ0v) is 14.4. The van der Waals surface area contributed by atoms with Crippen LogP contribution in [0.5, 0.6) is 5.75 Å². The number of carbonyl (C=O) groups excluding carboxylic acids is 1. The van der Waals surface area contributed by atoms with Crippen LogP contribution in [0.15, 0.2) is 33.7 Å². The van der Waals surface area contributed by atoms with Gasteiger partial charge in [-0.3, -0.25) is 10.2 Å². The molecule has 130 valence electrons. The van der Waals surface area contributed by atoms with E-state index in [9.17, 15) is 13.2 Å². The molecule has 0 fully saturated rings. The highest BCUT2D eigenvalue weighted by atomic mass is 32.2. The molecule has 0 aliphatic rings. The Hall–Kier alpha value is -2.39. The number of nitrogens with one attached hydrogen (secondary N) is 2. The topological polar surface area (TPSA) is 111 Å². The first-order valence-corrected chi connectivity index (χ1v) is 8.77. The molecule has 2 rings (SSSR count). The Morgan fingerprint density at radius 2 is 1.92 bits per heavy atom. The Labute approximate surface area is 140 Å². The monoisotopic (exact) mass is 353 g/mol. The van der Waals surface area contributed by atoms with Crippen molar-refractivity contribution in [2.45, 2.75) is 32.1 Å². The highest BCUT2D eigenvalue weighted by Crippen LogP contribution is 2.17. The predicted molar refractivity (Wildman–Crippen MR) is 85.8 cm³/mol. The van der Waals surface area contributed by atoms with Crippen LogP contribution in [0, 0.1) is 13.8 Å². The van der Waals surface area contributed by atoms with Crippen LogP contribution in [0.25, 0.3) is 0 Å². The van der Waals surface area contributed by atoms with Crippen molar-refractivity contribution in [3.8, 4) is 5.75 Å². The number of nitrogens with zero attached hydrogens (tertiary/aromatic N) is 1. The summed E-state index contributed by atoms with van der Waals surface area (Å²) in [4.78, 5) is 13.6. The molecule has 0 saturated heterocycles. The molecule has 24 heavy (non-hydrogen) atoms. The van der Waals surface area contributed by atoms with E-state index in [2.05, 4.69) is 10.6 Å². The number of carbonyl (C=O) groups is 1. The molecule has 0 aliphatic carbocycles. The average Bonchev–Trinajstić information content (AvgIpc) is 2.91. The molecule has 2 aromatic rings. The zero-order valence-electron chi connectivity index (χ0n) is 13.6. The van der Waals surface area contributed by atoms with Crippen LogP contribution in [0.3, 0.4) is 0 Å². The number of ether oxygens (including phenoxy) is 1. The highest BCUT2D eigenvalue weighted by Gasteiger charge is 2.24. The molecule has 2 N–H and O–H groups in total. The zero-order chi connectivity index (χ0) is 17.7. The first-order valence-electron chi connectivity index (χ1n) is 7.28. The Kier molecular flexibility index (Phi) is 5.58. The van der Waals surface area contributed by atoms with Crippen molar-refractivity contribution in [2.24, 2.45) is 0 Å². The number of aryl methyl sites for hydroxylation is 3. The van der Waals surface area contributed by atoms with Crippen molar-refractivity contribution >= 4 is 15.9 Å². The molecule has 0 saturated carbocycles. The van der Waals surface area contributed by atoms with Crippen LogP contribution in [0.4, 0.5) is 0 Å². The maximum atomic E-state index is 12.1. The number of aromatic nitrogens is 1. The highest BCUT2D eigenvalue weighted by molar-refractivity contribution is 7.89. The summed E-state index contributed by atoms with van der Waals surface area (Å²) in [5, 5.41) is 3.57. The molecule has 8 nitrogen and oxygen atoms in total. The van der Waals surface area contributed by atoms with Crippen LogP contribution in [0.1, 0.15) is 23.9 Å². The average molecular weight is 353 g/mol. The second kappa shape index (κ2) is 7.45. The summed E-state index contributed by atoms with van der Waals surface area (Å²) in [5.74, 6) is 0.0300. The summed E-state index contributed by atoms with van der Waals surface area (Å²) < 4.78 is 34.3. The number of hydrogen-bond donors (Lipinski definition) is 2. The third kappa shape index (κ3) is 4.33. The number of benzene rings is 1. The Balaban J connectivity index is 1.88. The lowest BCUT2D eigenvalue weighted by molar-refractivity contribution is -0.123. The molecule has 0 aliphatic heterocycles. The van der Waals surface area contributed by atoms with Crippen LogP contribution in [0.2, 0.25) is 0 Å². The molecule has 1 amide bonds. The fourth-order valence-corrected chi connectivity index (χ4v) is 3.23. The van der Waals surface area contributed by atoms with Gasteiger partial charge in [0.1, 0.15) is 16.3 Å². The summed E-state index contributed by atoms with van der Waals surface area (Å²) in [6.45, 7) is 4.68. The molecule has 1 aromatic carbocycles. The van der Waals surface area contributed by atoms with Gasteiger partial charge in [0.25, 0.3) is 15.9 Å². The van der Waals surface area contributed by atoms with Crippen molar-refractivity contribution in [3.05, 3.63) is 41.3 Å². The van der Waals surface area contributed by atoms with Gasteiger partial charge >= 0.3 is 0 Å². The quantitative estimate of drug-likeness (QED) is 0.725.